The van der Waals surface area contributed by atoms with Gasteiger partial charge in [0.2, 0.25) is 0 Å². The summed E-state index contributed by atoms with van der Waals surface area (Å²) in [5.74, 6) is -2.66. The van der Waals surface area contributed by atoms with E-state index >= 15 is 0 Å². The van der Waals surface area contributed by atoms with Gasteiger partial charge in [0.05, 0.1) is 13.2 Å². The summed E-state index contributed by atoms with van der Waals surface area (Å²) in [6.07, 6.45) is -5.73. The standard InChI is InChI=1S/C8H14O7/c1-2-15-8(14)7(13)6(12)5(11)4(10)3-9/h4-6,9-12H,2-3H2,1H3/t4-,5+,6+/m0/s1. The number of ketones is 1. The molecule has 0 aliphatic carbocycles. The molecular weight excluding hydrogens is 208 g/mol. The molecule has 0 aromatic carbocycles. The Labute approximate surface area is 85.9 Å². The Morgan fingerprint density at radius 3 is 2.20 bits per heavy atom. The maximum atomic E-state index is 11.0. The lowest BCUT2D eigenvalue weighted by atomic mass is 10.1. The van der Waals surface area contributed by atoms with E-state index in [9.17, 15) is 9.59 Å². The molecular formula is C8H14O7. The summed E-state index contributed by atoms with van der Waals surface area (Å²) < 4.78 is 4.28. The van der Waals surface area contributed by atoms with Gasteiger partial charge < -0.3 is 25.2 Å². The van der Waals surface area contributed by atoms with Crippen LogP contribution in [-0.2, 0) is 14.3 Å². The SMILES string of the molecule is CCOC(=O)C(=O)[C@H](O)[C@H](O)[C@@H](O)CO. The van der Waals surface area contributed by atoms with Gasteiger partial charge in [0, 0.05) is 0 Å². The molecule has 7 heteroatoms. The molecule has 15 heavy (non-hydrogen) atoms. The minimum atomic E-state index is -2.11. The predicted molar refractivity (Wildman–Crippen MR) is 46.7 cm³/mol. The van der Waals surface area contributed by atoms with Crippen molar-refractivity contribution in [1.29, 1.82) is 0 Å². The van der Waals surface area contributed by atoms with E-state index in [0.29, 0.717) is 0 Å². The minimum absolute atomic E-state index is 0.0457. The van der Waals surface area contributed by atoms with E-state index in [1.807, 2.05) is 0 Å². The molecule has 4 N–H and O–H groups in total. The fraction of sp³-hybridized carbons (Fsp3) is 0.750. The third-order valence-electron chi connectivity index (χ3n) is 1.65. The fourth-order valence-corrected chi connectivity index (χ4v) is 0.796. The molecule has 0 fully saturated rings. The molecule has 0 saturated carbocycles. The largest absolute Gasteiger partial charge is 0.460 e. The summed E-state index contributed by atoms with van der Waals surface area (Å²) in [6.45, 7) is 0.584. The maximum Gasteiger partial charge on any atom is 0.377 e. The van der Waals surface area contributed by atoms with Crippen molar-refractivity contribution in [2.45, 2.75) is 25.2 Å². The Kier molecular flexibility index (Phi) is 6.02. The van der Waals surface area contributed by atoms with Gasteiger partial charge in [0.15, 0.2) is 6.10 Å². The molecule has 0 radical (unpaired) electrons. The minimum Gasteiger partial charge on any atom is -0.460 e. The lowest BCUT2D eigenvalue weighted by Crippen LogP contribution is -2.46. The summed E-state index contributed by atoms with van der Waals surface area (Å²) in [4.78, 5) is 21.8. The van der Waals surface area contributed by atoms with Gasteiger partial charge in [0.1, 0.15) is 12.2 Å². The third-order valence-corrected chi connectivity index (χ3v) is 1.65. The van der Waals surface area contributed by atoms with Crippen molar-refractivity contribution in [3.8, 4) is 0 Å². The number of aliphatic hydroxyl groups excluding tert-OH is 4. The first-order chi connectivity index (χ1) is 6.95. The van der Waals surface area contributed by atoms with Crippen LogP contribution in [0.3, 0.4) is 0 Å². The van der Waals surface area contributed by atoms with Crippen molar-refractivity contribution in [3.63, 3.8) is 0 Å². The molecule has 0 heterocycles. The van der Waals surface area contributed by atoms with Crippen molar-refractivity contribution in [1.82, 2.24) is 0 Å². The van der Waals surface area contributed by atoms with Crippen LogP contribution >= 0.6 is 0 Å². The number of carbonyl (C=O) groups is 2. The highest BCUT2D eigenvalue weighted by molar-refractivity contribution is 6.35. The Bertz CT molecular complexity index is 227. The number of esters is 1. The Hall–Kier alpha value is -1.02. The Balaban J connectivity index is 4.37. The zero-order valence-corrected chi connectivity index (χ0v) is 8.16. The molecule has 0 rings (SSSR count). The molecule has 88 valence electrons. The molecule has 0 aliphatic rings. The van der Waals surface area contributed by atoms with Crippen LogP contribution in [0.2, 0.25) is 0 Å². The third kappa shape index (κ3) is 3.92. The number of aliphatic hydroxyl groups is 4. The Morgan fingerprint density at radius 1 is 1.27 bits per heavy atom. The summed E-state index contributed by atoms with van der Waals surface area (Å²) in [7, 11) is 0. The average molecular weight is 222 g/mol. The molecule has 7 nitrogen and oxygen atoms in total. The van der Waals surface area contributed by atoms with Crippen LogP contribution in [0, 0.1) is 0 Å². The van der Waals surface area contributed by atoms with Crippen LogP contribution in [0.1, 0.15) is 6.92 Å². The van der Waals surface area contributed by atoms with Crippen molar-refractivity contribution in [2.24, 2.45) is 0 Å². The van der Waals surface area contributed by atoms with Crippen molar-refractivity contribution in [3.05, 3.63) is 0 Å². The van der Waals surface area contributed by atoms with E-state index < -0.39 is 36.7 Å². The van der Waals surface area contributed by atoms with Gasteiger partial charge in [-0.1, -0.05) is 0 Å². The number of ether oxygens (including phenoxy) is 1. The van der Waals surface area contributed by atoms with E-state index in [0.717, 1.165) is 0 Å². The topological polar surface area (TPSA) is 124 Å². The molecule has 0 spiro atoms. The fourth-order valence-electron chi connectivity index (χ4n) is 0.796. The van der Waals surface area contributed by atoms with Crippen LogP contribution in [0.4, 0.5) is 0 Å². The monoisotopic (exact) mass is 222 g/mol. The second-order valence-electron chi connectivity index (χ2n) is 2.77. The van der Waals surface area contributed by atoms with E-state index in [2.05, 4.69) is 4.74 Å². The number of Topliss-reactive ketones (excluding diaryl/α,β-unsaturated/α-hetero) is 1. The van der Waals surface area contributed by atoms with E-state index in [4.69, 9.17) is 20.4 Å². The van der Waals surface area contributed by atoms with E-state index in [-0.39, 0.29) is 6.61 Å². The summed E-state index contributed by atoms with van der Waals surface area (Å²) >= 11 is 0. The highest BCUT2D eigenvalue weighted by Crippen LogP contribution is 2.02. The first-order valence-corrected chi connectivity index (χ1v) is 4.31. The maximum absolute atomic E-state index is 11.0. The zero-order chi connectivity index (χ0) is 12.0. The Morgan fingerprint density at radius 2 is 1.80 bits per heavy atom. The second-order valence-corrected chi connectivity index (χ2v) is 2.77. The smallest absolute Gasteiger partial charge is 0.377 e. The molecule has 0 bridgehead atoms. The van der Waals surface area contributed by atoms with Crippen molar-refractivity contribution < 1.29 is 34.8 Å². The van der Waals surface area contributed by atoms with Crippen LogP contribution in [0.25, 0.3) is 0 Å². The van der Waals surface area contributed by atoms with Crippen molar-refractivity contribution in [2.75, 3.05) is 13.2 Å². The van der Waals surface area contributed by atoms with Gasteiger partial charge in [-0.05, 0) is 6.92 Å². The van der Waals surface area contributed by atoms with Crippen molar-refractivity contribution >= 4 is 11.8 Å². The first-order valence-electron chi connectivity index (χ1n) is 4.31. The van der Waals surface area contributed by atoms with Crippen LogP contribution in [0.5, 0.6) is 0 Å². The normalized spacial score (nSPS) is 16.6. The van der Waals surface area contributed by atoms with Gasteiger partial charge in [-0.3, -0.25) is 4.79 Å². The number of hydrogen-bond donors (Lipinski definition) is 4. The molecule has 0 saturated heterocycles. The molecule has 3 atom stereocenters. The van der Waals surface area contributed by atoms with E-state index in [1.165, 1.54) is 6.92 Å². The van der Waals surface area contributed by atoms with Crippen LogP contribution in [0.15, 0.2) is 0 Å². The van der Waals surface area contributed by atoms with E-state index in [1.54, 1.807) is 0 Å². The molecule has 0 aromatic heterocycles. The number of rotatable bonds is 6. The first kappa shape index (κ1) is 14.0. The predicted octanol–water partition coefficient (Wildman–Crippen LogP) is -2.81. The summed E-state index contributed by atoms with van der Waals surface area (Å²) in [5, 5.41) is 35.5. The van der Waals surface area contributed by atoms with Crippen LogP contribution < -0.4 is 0 Å². The van der Waals surface area contributed by atoms with Gasteiger partial charge in [-0.15, -0.1) is 0 Å². The summed E-state index contributed by atoms with van der Waals surface area (Å²) in [5.41, 5.74) is 0. The summed E-state index contributed by atoms with van der Waals surface area (Å²) in [6, 6.07) is 0. The highest BCUT2D eigenvalue weighted by atomic mass is 16.5. The number of hydrogen-bond acceptors (Lipinski definition) is 7. The number of carbonyl (C=O) groups excluding carboxylic acids is 2. The lowest BCUT2D eigenvalue weighted by molar-refractivity contribution is -0.163. The molecule has 0 aromatic rings. The highest BCUT2D eigenvalue weighted by Gasteiger charge is 2.34. The van der Waals surface area contributed by atoms with Gasteiger partial charge in [0.25, 0.3) is 5.78 Å². The average Bonchev–Trinajstić information content (AvgIpc) is 2.25. The quantitative estimate of drug-likeness (QED) is 0.282. The van der Waals surface area contributed by atoms with Crippen LogP contribution in [-0.4, -0.2) is 63.7 Å². The second kappa shape index (κ2) is 6.46. The molecule has 0 amide bonds. The van der Waals surface area contributed by atoms with Gasteiger partial charge in [-0.25, -0.2) is 4.79 Å². The zero-order valence-electron chi connectivity index (χ0n) is 8.16. The lowest BCUT2D eigenvalue weighted by Gasteiger charge is -2.19. The van der Waals surface area contributed by atoms with Gasteiger partial charge in [-0.2, -0.15) is 0 Å². The molecule has 0 aliphatic heterocycles. The molecule has 0 unspecified atom stereocenters. The van der Waals surface area contributed by atoms with Gasteiger partial charge >= 0.3 is 5.97 Å².